The molecule has 3 aromatic rings. The molecule has 1 aromatic carbocycles. The lowest BCUT2D eigenvalue weighted by Crippen LogP contribution is -2.12. The highest BCUT2D eigenvalue weighted by Gasteiger charge is 2.01. The number of pyridine rings is 1. The van der Waals surface area contributed by atoms with Gasteiger partial charge in [-0.15, -0.1) is 0 Å². The Balaban J connectivity index is 1.74. The Bertz CT molecular complexity index is 627. The van der Waals surface area contributed by atoms with Crippen molar-refractivity contribution < 1.29 is 4.42 Å². The molecule has 0 aliphatic carbocycles. The fourth-order valence-corrected chi connectivity index (χ4v) is 2.04. The number of hydrogen-bond donors (Lipinski definition) is 1. The van der Waals surface area contributed by atoms with E-state index in [1.54, 1.807) is 12.5 Å². The minimum atomic E-state index is 0.813. The molecule has 0 spiro atoms. The third kappa shape index (κ3) is 2.26. The number of para-hydroxylation sites is 1. The Morgan fingerprint density at radius 1 is 1.06 bits per heavy atom. The normalized spacial score (nSPS) is 10.9. The van der Waals surface area contributed by atoms with E-state index in [1.165, 1.54) is 10.9 Å². The van der Waals surface area contributed by atoms with E-state index in [4.69, 9.17) is 4.42 Å². The van der Waals surface area contributed by atoms with Crippen molar-refractivity contribution in [2.45, 2.75) is 13.1 Å². The lowest BCUT2D eigenvalue weighted by molar-refractivity contribution is 0.560. The number of benzene rings is 1. The van der Waals surface area contributed by atoms with Crippen LogP contribution in [0.4, 0.5) is 0 Å². The molecule has 3 nitrogen and oxygen atoms in total. The van der Waals surface area contributed by atoms with E-state index in [2.05, 4.69) is 22.4 Å². The van der Waals surface area contributed by atoms with Gasteiger partial charge in [-0.1, -0.05) is 18.2 Å². The monoisotopic (exact) mass is 238 g/mol. The fraction of sp³-hybridized carbons (Fsp3) is 0.133. The van der Waals surface area contributed by atoms with Crippen LogP contribution >= 0.6 is 0 Å². The number of nitrogens with one attached hydrogen (secondary N) is 1. The SMILES string of the molecule is c1ccc2c(CNCc3ccoc3)ccnc2c1. The van der Waals surface area contributed by atoms with Gasteiger partial charge in [0.25, 0.3) is 0 Å². The standard InChI is InChI=1S/C15H14N2O/c1-2-4-15-14(3-1)13(5-7-17-15)10-16-9-12-6-8-18-11-12/h1-8,11,16H,9-10H2. The van der Waals surface area contributed by atoms with Crippen LogP contribution in [0.3, 0.4) is 0 Å². The summed E-state index contributed by atoms with van der Waals surface area (Å²) in [6.07, 6.45) is 5.31. The minimum absolute atomic E-state index is 0.813. The third-order valence-electron chi connectivity index (χ3n) is 2.96. The maximum absolute atomic E-state index is 5.04. The van der Waals surface area contributed by atoms with Crippen LogP contribution in [0.25, 0.3) is 10.9 Å². The lowest BCUT2D eigenvalue weighted by Gasteiger charge is -2.06. The van der Waals surface area contributed by atoms with Gasteiger partial charge < -0.3 is 9.73 Å². The second-order valence-corrected chi connectivity index (χ2v) is 4.22. The highest BCUT2D eigenvalue weighted by molar-refractivity contribution is 5.81. The number of hydrogen-bond acceptors (Lipinski definition) is 3. The van der Waals surface area contributed by atoms with Gasteiger partial charge in [0.05, 0.1) is 18.0 Å². The molecule has 0 fully saturated rings. The van der Waals surface area contributed by atoms with E-state index in [9.17, 15) is 0 Å². The second kappa shape index (κ2) is 5.02. The minimum Gasteiger partial charge on any atom is -0.472 e. The molecule has 2 heterocycles. The molecule has 18 heavy (non-hydrogen) atoms. The van der Waals surface area contributed by atoms with Gasteiger partial charge >= 0.3 is 0 Å². The van der Waals surface area contributed by atoms with E-state index in [1.807, 2.05) is 30.5 Å². The van der Waals surface area contributed by atoms with Gasteiger partial charge in [-0.25, -0.2) is 0 Å². The van der Waals surface area contributed by atoms with Gasteiger partial charge in [-0.2, -0.15) is 0 Å². The molecule has 90 valence electrons. The molecular weight excluding hydrogens is 224 g/mol. The first-order valence-electron chi connectivity index (χ1n) is 5.98. The van der Waals surface area contributed by atoms with Crippen molar-refractivity contribution in [1.82, 2.24) is 10.3 Å². The van der Waals surface area contributed by atoms with Crippen molar-refractivity contribution in [3.63, 3.8) is 0 Å². The first-order valence-corrected chi connectivity index (χ1v) is 5.98. The zero-order chi connectivity index (χ0) is 12.2. The van der Waals surface area contributed by atoms with E-state index in [-0.39, 0.29) is 0 Å². The molecule has 1 N–H and O–H groups in total. The summed E-state index contributed by atoms with van der Waals surface area (Å²) in [6, 6.07) is 12.2. The maximum atomic E-state index is 5.04. The van der Waals surface area contributed by atoms with Gasteiger partial charge in [0.1, 0.15) is 0 Å². The van der Waals surface area contributed by atoms with E-state index in [0.29, 0.717) is 0 Å². The van der Waals surface area contributed by atoms with Gasteiger partial charge in [0.2, 0.25) is 0 Å². The Hall–Kier alpha value is -2.13. The highest BCUT2D eigenvalue weighted by atomic mass is 16.3. The number of aromatic nitrogens is 1. The number of furan rings is 1. The second-order valence-electron chi connectivity index (χ2n) is 4.22. The van der Waals surface area contributed by atoms with E-state index < -0.39 is 0 Å². The lowest BCUT2D eigenvalue weighted by atomic mass is 10.1. The molecule has 0 saturated heterocycles. The van der Waals surface area contributed by atoms with Crippen LogP contribution in [0.5, 0.6) is 0 Å². The predicted molar refractivity (Wildman–Crippen MR) is 71.0 cm³/mol. The van der Waals surface area contributed by atoms with Crippen LogP contribution in [0.15, 0.2) is 59.5 Å². The van der Waals surface area contributed by atoms with Crippen LogP contribution in [0.2, 0.25) is 0 Å². The van der Waals surface area contributed by atoms with Crippen LogP contribution in [0, 0.1) is 0 Å². The van der Waals surface area contributed by atoms with Crippen LogP contribution < -0.4 is 5.32 Å². The Morgan fingerprint density at radius 3 is 2.89 bits per heavy atom. The molecule has 0 unspecified atom stereocenters. The van der Waals surface area contributed by atoms with Crippen molar-refractivity contribution >= 4 is 10.9 Å². The molecule has 0 atom stereocenters. The Morgan fingerprint density at radius 2 is 2.00 bits per heavy atom. The molecule has 0 amide bonds. The number of rotatable bonds is 4. The van der Waals surface area contributed by atoms with Crippen molar-refractivity contribution in [3.05, 3.63) is 66.2 Å². The van der Waals surface area contributed by atoms with Crippen LogP contribution in [-0.2, 0) is 13.1 Å². The van der Waals surface area contributed by atoms with Gasteiger partial charge in [0, 0.05) is 30.2 Å². The predicted octanol–water partition coefficient (Wildman–Crippen LogP) is 3.12. The number of nitrogens with zero attached hydrogens (tertiary/aromatic N) is 1. The van der Waals surface area contributed by atoms with Crippen LogP contribution in [0.1, 0.15) is 11.1 Å². The molecular formula is C15H14N2O. The van der Waals surface area contributed by atoms with Crippen molar-refractivity contribution in [1.29, 1.82) is 0 Å². The summed E-state index contributed by atoms with van der Waals surface area (Å²) in [5.74, 6) is 0. The van der Waals surface area contributed by atoms with E-state index >= 15 is 0 Å². The summed E-state index contributed by atoms with van der Waals surface area (Å²) in [4.78, 5) is 4.36. The number of fused-ring (bicyclic) bond motifs is 1. The van der Waals surface area contributed by atoms with Gasteiger partial charge in [-0.05, 0) is 23.8 Å². The summed E-state index contributed by atoms with van der Waals surface area (Å²) in [7, 11) is 0. The zero-order valence-electron chi connectivity index (χ0n) is 9.97. The molecule has 3 heteroatoms. The zero-order valence-corrected chi connectivity index (χ0v) is 9.97. The Labute approximate surface area is 105 Å². The molecule has 3 rings (SSSR count). The topological polar surface area (TPSA) is 38.1 Å². The molecule has 0 saturated carbocycles. The van der Waals surface area contributed by atoms with Gasteiger partial charge in [-0.3, -0.25) is 4.98 Å². The first-order chi connectivity index (χ1) is 8.93. The summed E-state index contributed by atoms with van der Waals surface area (Å²) >= 11 is 0. The van der Waals surface area contributed by atoms with Crippen molar-refractivity contribution in [3.8, 4) is 0 Å². The highest BCUT2D eigenvalue weighted by Crippen LogP contribution is 2.15. The largest absolute Gasteiger partial charge is 0.472 e. The molecule has 2 aromatic heterocycles. The molecule has 0 aliphatic rings. The van der Waals surface area contributed by atoms with Gasteiger partial charge in [0.15, 0.2) is 0 Å². The van der Waals surface area contributed by atoms with E-state index in [0.717, 1.165) is 24.2 Å². The summed E-state index contributed by atoms with van der Waals surface area (Å²) in [6.45, 7) is 1.64. The fourth-order valence-electron chi connectivity index (χ4n) is 2.04. The quantitative estimate of drug-likeness (QED) is 0.759. The molecule has 0 aliphatic heterocycles. The molecule has 0 radical (unpaired) electrons. The third-order valence-corrected chi connectivity index (χ3v) is 2.96. The van der Waals surface area contributed by atoms with Crippen molar-refractivity contribution in [2.24, 2.45) is 0 Å². The maximum Gasteiger partial charge on any atom is 0.0947 e. The summed E-state index contributed by atoms with van der Waals surface area (Å²) in [5.41, 5.74) is 3.47. The van der Waals surface area contributed by atoms with Crippen LogP contribution in [-0.4, -0.2) is 4.98 Å². The summed E-state index contributed by atoms with van der Waals surface area (Å²) in [5, 5.41) is 4.62. The molecule has 0 bridgehead atoms. The smallest absolute Gasteiger partial charge is 0.0947 e. The average molecular weight is 238 g/mol. The Kier molecular flexibility index (Phi) is 3.07. The average Bonchev–Trinajstić information content (AvgIpc) is 2.92. The first kappa shape index (κ1) is 11.0. The van der Waals surface area contributed by atoms with Crippen molar-refractivity contribution in [2.75, 3.05) is 0 Å². The summed E-state index contributed by atoms with van der Waals surface area (Å²) < 4.78 is 5.04.